The van der Waals surface area contributed by atoms with Gasteiger partial charge in [0.2, 0.25) is 0 Å². The summed E-state index contributed by atoms with van der Waals surface area (Å²) in [5.41, 5.74) is 7.86. The van der Waals surface area contributed by atoms with Gasteiger partial charge in [0.25, 0.3) is 0 Å². The highest BCUT2D eigenvalue weighted by Crippen LogP contribution is 2.30. The highest BCUT2D eigenvalue weighted by Gasteiger charge is 2.26. The van der Waals surface area contributed by atoms with Crippen LogP contribution >= 0.6 is 11.3 Å². The van der Waals surface area contributed by atoms with Crippen LogP contribution in [0.2, 0.25) is 0 Å². The number of hydrogen-bond donors (Lipinski definition) is 3. The van der Waals surface area contributed by atoms with Gasteiger partial charge in [-0.05, 0) is 12.1 Å². The number of aromatic nitrogens is 2. The molecule has 1 saturated heterocycles. The van der Waals surface area contributed by atoms with Crippen LogP contribution < -0.4 is 11.1 Å². The summed E-state index contributed by atoms with van der Waals surface area (Å²) in [5.74, 6) is 0. The standard InChI is InChI=1S/C13H19N5S/c14-8-10-9-19-13(17-10)12(11-2-1-3-16-11)18-6-4-15-5-7-18/h1-3,9,12,15-16H,4-8,14H2. The molecule has 6 heteroatoms. The summed E-state index contributed by atoms with van der Waals surface area (Å²) in [6, 6.07) is 4.40. The Balaban J connectivity index is 1.91. The topological polar surface area (TPSA) is 70.0 Å². The van der Waals surface area contributed by atoms with Crippen molar-refractivity contribution in [2.75, 3.05) is 26.2 Å². The van der Waals surface area contributed by atoms with E-state index in [9.17, 15) is 0 Å². The van der Waals surface area contributed by atoms with Crippen molar-refractivity contribution in [2.45, 2.75) is 12.6 Å². The average Bonchev–Trinajstić information content (AvgIpc) is 3.12. The van der Waals surface area contributed by atoms with E-state index in [4.69, 9.17) is 5.73 Å². The van der Waals surface area contributed by atoms with Crippen LogP contribution in [0.15, 0.2) is 23.7 Å². The average molecular weight is 277 g/mol. The van der Waals surface area contributed by atoms with E-state index in [1.807, 2.05) is 12.3 Å². The van der Waals surface area contributed by atoms with E-state index in [2.05, 4.69) is 31.6 Å². The Morgan fingerprint density at radius 1 is 1.42 bits per heavy atom. The molecular formula is C13H19N5S. The van der Waals surface area contributed by atoms with E-state index in [-0.39, 0.29) is 6.04 Å². The summed E-state index contributed by atoms with van der Waals surface area (Å²) in [7, 11) is 0. The van der Waals surface area contributed by atoms with Crippen molar-refractivity contribution in [1.29, 1.82) is 0 Å². The second kappa shape index (κ2) is 5.83. The molecule has 1 atom stereocenters. The summed E-state index contributed by atoms with van der Waals surface area (Å²) >= 11 is 1.70. The summed E-state index contributed by atoms with van der Waals surface area (Å²) in [6.07, 6.45) is 1.97. The molecule has 0 amide bonds. The van der Waals surface area contributed by atoms with Gasteiger partial charge >= 0.3 is 0 Å². The molecule has 0 radical (unpaired) electrons. The third kappa shape index (κ3) is 2.71. The van der Waals surface area contributed by atoms with E-state index in [1.165, 1.54) is 5.69 Å². The maximum Gasteiger partial charge on any atom is 0.116 e. The van der Waals surface area contributed by atoms with E-state index >= 15 is 0 Å². The molecule has 1 aliphatic heterocycles. The van der Waals surface area contributed by atoms with Crippen LogP contribution in [0.4, 0.5) is 0 Å². The molecule has 3 rings (SSSR count). The zero-order valence-electron chi connectivity index (χ0n) is 10.8. The molecule has 0 spiro atoms. The van der Waals surface area contributed by atoms with Gasteiger partial charge in [-0.1, -0.05) is 0 Å². The van der Waals surface area contributed by atoms with Gasteiger partial charge in [0.05, 0.1) is 5.69 Å². The molecule has 1 unspecified atom stereocenters. The summed E-state index contributed by atoms with van der Waals surface area (Å²) < 4.78 is 0. The molecule has 2 aromatic rings. The normalized spacial score (nSPS) is 18.6. The van der Waals surface area contributed by atoms with Crippen LogP contribution in [0.3, 0.4) is 0 Å². The maximum atomic E-state index is 5.67. The monoisotopic (exact) mass is 277 g/mol. The minimum Gasteiger partial charge on any atom is -0.363 e. The Morgan fingerprint density at radius 3 is 2.89 bits per heavy atom. The molecule has 2 aromatic heterocycles. The molecule has 0 bridgehead atoms. The minimum atomic E-state index is 0.224. The summed E-state index contributed by atoms with van der Waals surface area (Å²) in [5, 5.41) is 6.59. The fourth-order valence-electron chi connectivity index (χ4n) is 2.48. The smallest absolute Gasteiger partial charge is 0.116 e. The SMILES string of the molecule is NCc1csc(C(c2ccc[nH]2)N2CCNCC2)n1. The zero-order valence-corrected chi connectivity index (χ0v) is 11.6. The number of hydrogen-bond acceptors (Lipinski definition) is 5. The lowest BCUT2D eigenvalue weighted by Gasteiger charge is -2.33. The number of aromatic amines is 1. The van der Waals surface area contributed by atoms with Gasteiger partial charge in [-0.15, -0.1) is 11.3 Å². The molecule has 0 saturated carbocycles. The third-order valence-corrected chi connectivity index (χ3v) is 4.39. The van der Waals surface area contributed by atoms with E-state index in [0.717, 1.165) is 36.9 Å². The molecule has 5 nitrogen and oxygen atoms in total. The first-order valence-corrected chi connectivity index (χ1v) is 7.49. The second-order valence-corrected chi connectivity index (χ2v) is 5.58. The van der Waals surface area contributed by atoms with Gasteiger partial charge in [-0.2, -0.15) is 0 Å². The Labute approximate surface area is 116 Å². The van der Waals surface area contributed by atoms with Crippen molar-refractivity contribution in [3.05, 3.63) is 40.1 Å². The number of nitrogens with zero attached hydrogens (tertiary/aromatic N) is 2. The van der Waals surface area contributed by atoms with Crippen molar-refractivity contribution < 1.29 is 0 Å². The summed E-state index contributed by atoms with van der Waals surface area (Å²) in [4.78, 5) is 10.5. The van der Waals surface area contributed by atoms with Gasteiger partial charge in [0, 0.05) is 50.0 Å². The van der Waals surface area contributed by atoms with E-state index in [0.29, 0.717) is 6.54 Å². The molecule has 4 N–H and O–H groups in total. The Hall–Kier alpha value is -1.21. The molecule has 3 heterocycles. The third-order valence-electron chi connectivity index (χ3n) is 3.45. The molecular weight excluding hydrogens is 258 g/mol. The Kier molecular flexibility index (Phi) is 3.93. The molecule has 1 fully saturated rings. The van der Waals surface area contributed by atoms with Crippen molar-refractivity contribution >= 4 is 11.3 Å². The van der Waals surface area contributed by atoms with Crippen LogP contribution in [0, 0.1) is 0 Å². The lowest BCUT2D eigenvalue weighted by molar-refractivity contribution is 0.195. The first-order chi connectivity index (χ1) is 9.38. The second-order valence-electron chi connectivity index (χ2n) is 4.70. The minimum absolute atomic E-state index is 0.224. The maximum absolute atomic E-state index is 5.67. The lowest BCUT2D eigenvalue weighted by atomic mass is 10.1. The zero-order chi connectivity index (χ0) is 13.1. The van der Waals surface area contributed by atoms with Gasteiger partial charge < -0.3 is 16.0 Å². The van der Waals surface area contributed by atoms with Gasteiger partial charge in [0.1, 0.15) is 11.0 Å². The van der Waals surface area contributed by atoms with Gasteiger partial charge in [-0.3, -0.25) is 4.90 Å². The van der Waals surface area contributed by atoms with Gasteiger partial charge in [0.15, 0.2) is 0 Å². The van der Waals surface area contributed by atoms with E-state index in [1.54, 1.807) is 11.3 Å². The highest BCUT2D eigenvalue weighted by atomic mass is 32.1. The number of piperazine rings is 1. The van der Waals surface area contributed by atoms with Crippen LogP contribution in [0.25, 0.3) is 0 Å². The first-order valence-electron chi connectivity index (χ1n) is 6.61. The predicted molar refractivity (Wildman–Crippen MR) is 77.1 cm³/mol. The molecule has 19 heavy (non-hydrogen) atoms. The van der Waals surface area contributed by atoms with Crippen molar-refractivity contribution in [3.8, 4) is 0 Å². The van der Waals surface area contributed by atoms with Crippen LogP contribution in [-0.2, 0) is 6.54 Å². The van der Waals surface area contributed by atoms with Crippen LogP contribution in [-0.4, -0.2) is 41.0 Å². The van der Waals surface area contributed by atoms with Crippen LogP contribution in [0.5, 0.6) is 0 Å². The first kappa shape index (κ1) is 12.8. The van der Waals surface area contributed by atoms with Crippen molar-refractivity contribution in [3.63, 3.8) is 0 Å². The van der Waals surface area contributed by atoms with E-state index < -0.39 is 0 Å². The summed E-state index contributed by atoms with van der Waals surface area (Å²) in [6.45, 7) is 4.66. The highest BCUT2D eigenvalue weighted by molar-refractivity contribution is 7.09. The molecule has 1 aliphatic rings. The Morgan fingerprint density at radius 2 is 2.26 bits per heavy atom. The fraction of sp³-hybridized carbons (Fsp3) is 0.462. The molecule has 0 aromatic carbocycles. The number of nitrogens with two attached hydrogens (primary N) is 1. The Bertz CT molecular complexity index is 501. The lowest BCUT2D eigenvalue weighted by Crippen LogP contribution is -2.45. The number of H-pyrrole nitrogens is 1. The molecule has 0 aliphatic carbocycles. The van der Waals surface area contributed by atoms with Crippen molar-refractivity contribution in [1.82, 2.24) is 20.2 Å². The number of nitrogens with one attached hydrogen (secondary N) is 2. The largest absolute Gasteiger partial charge is 0.363 e. The quantitative estimate of drug-likeness (QED) is 0.777. The van der Waals surface area contributed by atoms with Gasteiger partial charge in [-0.25, -0.2) is 4.98 Å². The van der Waals surface area contributed by atoms with Crippen LogP contribution in [0.1, 0.15) is 22.4 Å². The molecule has 102 valence electrons. The number of thiazole rings is 1. The van der Waals surface area contributed by atoms with Crippen molar-refractivity contribution in [2.24, 2.45) is 5.73 Å². The predicted octanol–water partition coefficient (Wildman–Crippen LogP) is 0.924. The number of rotatable bonds is 4. The fourth-order valence-corrected chi connectivity index (χ4v) is 3.46.